The standard InChI is InChI=1S/C19H16N2O4/c22-18(21-24)6-3-11-20-19(23)14-9-7-13(8-10-14)17-12-15-4-1-2-5-16(15)25-17/h1-5,7-12,24H,6H2,(H,20,23)(H,21,22)/b11-3+. The first-order valence-electron chi connectivity index (χ1n) is 7.65. The molecule has 3 N–H and O–H groups in total. The molecule has 1 aromatic heterocycles. The highest BCUT2D eigenvalue weighted by Gasteiger charge is 2.08. The molecular formula is C19H16N2O4. The quantitative estimate of drug-likeness (QED) is 0.493. The number of furan rings is 1. The van der Waals surface area contributed by atoms with E-state index in [1.165, 1.54) is 17.8 Å². The molecule has 0 atom stereocenters. The van der Waals surface area contributed by atoms with Crippen molar-refractivity contribution in [2.24, 2.45) is 0 Å². The highest BCUT2D eigenvalue weighted by Crippen LogP contribution is 2.27. The van der Waals surface area contributed by atoms with Gasteiger partial charge < -0.3 is 9.73 Å². The summed E-state index contributed by atoms with van der Waals surface area (Å²) in [6.45, 7) is 0. The Kier molecular flexibility index (Phi) is 4.92. The van der Waals surface area contributed by atoms with Crippen LogP contribution in [0.5, 0.6) is 0 Å². The van der Waals surface area contributed by atoms with E-state index in [-0.39, 0.29) is 12.3 Å². The molecule has 0 aliphatic carbocycles. The third kappa shape index (κ3) is 3.94. The minimum atomic E-state index is -0.555. The summed E-state index contributed by atoms with van der Waals surface area (Å²) in [5.74, 6) is -0.111. The van der Waals surface area contributed by atoms with Gasteiger partial charge in [0.25, 0.3) is 5.91 Å². The normalized spacial score (nSPS) is 10.9. The number of benzene rings is 2. The van der Waals surface area contributed by atoms with Crippen molar-refractivity contribution in [1.29, 1.82) is 0 Å². The van der Waals surface area contributed by atoms with Crippen LogP contribution in [0.3, 0.4) is 0 Å². The predicted octanol–water partition coefficient (Wildman–Crippen LogP) is 3.24. The van der Waals surface area contributed by atoms with E-state index < -0.39 is 5.91 Å². The van der Waals surface area contributed by atoms with Gasteiger partial charge in [0, 0.05) is 29.1 Å². The van der Waals surface area contributed by atoms with Gasteiger partial charge >= 0.3 is 0 Å². The molecule has 6 nitrogen and oxygen atoms in total. The van der Waals surface area contributed by atoms with Crippen molar-refractivity contribution >= 4 is 22.8 Å². The Morgan fingerprint density at radius 2 is 1.84 bits per heavy atom. The van der Waals surface area contributed by atoms with Crippen molar-refractivity contribution in [2.75, 3.05) is 0 Å². The van der Waals surface area contributed by atoms with Crippen molar-refractivity contribution in [1.82, 2.24) is 10.8 Å². The van der Waals surface area contributed by atoms with Gasteiger partial charge in [-0.05, 0) is 24.3 Å². The van der Waals surface area contributed by atoms with Gasteiger partial charge in [0.05, 0.1) is 0 Å². The molecule has 6 heteroatoms. The second-order valence-electron chi connectivity index (χ2n) is 5.34. The maximum atomic E-state index is 12.0. The largest absolute Gasteiger partial charge is 0.456 e. The third-order valence-corrected chi connectivity index (χ3v) is 3.62. The molecule has 0 radical (unpaired) electrons. The number of nitrogens with one attached hydrogen (secondary N) is 2. The van der Waals surface area contributed by atoms with Crippen molar-refractivity contribution in [3.8, 4) is 11.3 Å². The Morgan fingerprint density at radius 3 is 2.56 bits per heavy atom. The molecule has 0 saturated heterocycles. The van der Waals surface area contributed by atoms with Gasteiger partial charge in [-0.15, -0.1) is 0 Å². The zero-order valence-electron chi connectivity index (χ0n) is 13.2. The molecule has 2 aromatic carbocycles. The van der Waals surface area contributed by atoms with Crippen LogP contribution in [0.4, 0.5) is 0 Å². The summed E-state index contributed by atoms with van der Waals surface area (Å²) >= 11 is 0. The molecule has 3 rings (SSSR count). The number of rotatable bonds is 5. The van der Waals surface area contributed by atoms with E-state index in [4.69, 9.17) is 9.62 Å². The maximum absolute atomic E-state index is 12.0. The van der Waals surface area contributed by atoms with Crippen LogP contribution in [0, 0.1) is 0 Å². The number of hydrogen-bond acceptors (Lipinski definition) is 4. The zero-order valence-corrected chi connectivity index (χ0v) is 13.2. The van der Waals surface area contributed by atoms with Gasteiger partial charge in [-0.3, -0.25) is 14.8 Å². The zero-order chi connectivity index (χ0) is 17.6. The van der Waals surface area contributed by atoms with Crippen LogP contribution in [0.25, 0.3) is 22.3 Å². The van der Waals surface area contributed by atoms with Gasteiger partial charge in [0.15, 0.2) is 0 Å². The minimum absolute atomic E-state index is 0.0260. The Bertz CT molecular complexity index is 893. The molecule has 3 aromatic rings. The van der Waals surface area contributed by atoms with Crippen LogP contribution in [-0.4, -0.2) is 17.0 Å². The second kappa shape index (κ2) is 7.46. The summed E-state index contributed by atoms with van der Waals surface area (Å²) in [5, 5.41) is 11.9. The van der Waals surface area contributed by atoms with E-state index in [1.54, 1.807) is 12.1 Å². The summed E-state index contributed by atoms with van der Waals surface area (Å²) in [4.78, 5) is 22.8. The molecule has 0 spiro atoms. The number of para-hydroxylation sites is 1. The van der Waals surface area contributed by atoms with Crippen LogP contribution < -0.4 is 10.8 Å². The molecule has 25 heavy (non-hydrogen) atoms. The number of carbonyl (C=O) groups is 2. The Hall–Kier alpha value is -3.38. The Balaban J connectivity index is 1.67. The van der Waals surface area contributed by atoms with Gasteiger partial charge in [-0.1, -0.05) is 36.4 Å². The van der Waals surface area contributed by atoms with Crippen LogP contribution >= 0.6 is 0 Å². The van der Waals surface area contributed by atoms with Crippen LogP contribution in [0.15, 0.2) is 71.3 Å². The molecule has 0 aliphatic heterocycles. The smallest absolute Gasteiger partial charge is 0.255 e. The average Bonchev–Trinajstić information content (AvgIpc) is 3.09. The van der Waals surface area contributed by atoms with E-state index in [9.17, 15) is 9.59 Å². The molecule has 0 fully saturated rings. The Morgan fingerprint density at radius 1 is 1.08 bits per heavy atom. The van der Waals surface area contributed by atoms with E-state index >= 15 is 0 Å². The van der Waals surface area contributed by atoms with Crippen molar-refractivity contribution in [2.45, 2.75) is 6.42 Å². The fourth-order valence-electron chi connectivity index (χ4n) is 2.34. The van der Waals surface area contributed by atoms with Gasteiger partial charge in [0.1, 0.15) is 11.3 Å². The molecular weight excluding hydrogens is 320 g/mol. The first kappa shape index (κ1) is 16.5. The molecule has 126 valence electrons. The summed E-state index contributed by atoms with van der Waals surface area (Å²) in [6.07, 6.45) is 2.78. The number of hydroxylamine groups is 1. The summed E-state index contributed by atoms with van der Waals surface area (Å²) in [5.41, 5.74) is 3.68. The number of carbonyl (C=O) groups excluding carboxylic acids is 2. The Labute approximate surface area is 143 Å². The molecule has 0 unspecified atom stereocenters. The predicted molar refractivity (Wildman–Crippen MR) is 92.8 cm³/mol. The summed E-state index contributed by atoms with van der Waals surface area (Å²) < 4.78 is 5.80. The fraction of sp³-hybridized carbons (Fsp3) is 0.0526. The lowest BCUT2D eigenvalue weighted by Crippen LogP contribution is -2.19. The summed E-state index contributed by atoms with van der Waals surface area (Å²) in [6, 6.07) is 16.7. The van der Waals surface area contributed by atoms with Gasteiger partial charge in [0.2, 0.25) is 5.91 Å². The van der Waals surface area contributed by atoms with Crippen molar-refractivity contribution in [3.05, 3.63) is 72.4 Å². The molecule has 1 heterocycles. The van der Waals surface area contributed by atoms with Gasteiger partial charge in [-0.2, -0.15) is 0 Å². The number of amides is 2. The lowest BCUT2D eigenvalue weighted by molar-refractivity contribution is -0.128. The van der Waals surface area contributed by atoms with Crippen molar-refractivity contribution in [3.63, 3.8) is 0 Å². The SMILES string of the molecule is O=C(C/C=C/NC(=O)c1ccc(-c2cc3ccccc3o2)cc1)NO. The van der Waals surface area contributed by atoms with E-state index in [1.807, 2.05) is 42.5 Å². The molecule has 2 amide bonds. The average molecular weight is 336 g/mol. The first-order valence-corrected chi connectivity index (χ1v) is 7.65. The topological polar surface area (TPSA) is 91.6 Å². The van der Waals surface area contributed by atoms with Crippen molar-refractivity contribution < 1.29 is 19.2 Å². The van der Waals surface area contributed by atoms with Gasteiger partial charge in [-0.25, -0.2) is 5.48 Å². The van der Waals surface area contributed by atoms with E-state index in [0.29, 0.717) is 5.56 Å². The van der Waals surface area contributed by atoms with Crippen LogP contribution in [-0.2, 0) is 4.79 Å². The van der Waals surface area contributed by atoms with E-state index in [2.05, 4.69) is 5.32 Å². The molecule has 0 saturated carbocycles. The summed E-state index contributed by atoms with van der Waals surface area (Å²) in [7, 11) is 0. The number of hydrogen-bond donors (Lipinski definition) is 3. The fourth-order valence-corrected chi connectivity index (χ4v) is 2.34. The second-order valence-corrected chi connectivity index (χ2v) is 5.34. The third-order valence-electron chi connectivity index (χ3n) is 3.62. The maximum Gasteiger partial charge on any atom is 0.255 e. The first-order chi connectivity index (χ1) is 12.2. The monoisotopic (exact) mass is 336 g/mol. The highest BCUT2D eigenvalue weighted by atomic mass is 16.5. The lowest BCUT2D eigenvalue weighted by Gasteiger charge is -2.02. The lowest BCUT2D eigenvalue weighted by atomic mass is 10.1. The minimum Gasteiger partial charge on any atom is -0.456 e. The molecule has 0 aliphatic rings. The highest BCUT2D eigenvalue weighted by molar-refractivity contribution is 5.95. The number of fused-ring (bicyclic) bond motifs is 1. The van der Waals surface area contributed by atoms with E-state index in [0.717, 1.165) is 22.3 Å². The molecule has 0 bridgehead atoms. The van der Waals surface area contributed by atoms with Crippen LogP contribution in [0.1, 0.15) is 16.8 Å². The van der Waals surface area contributed by atoms with Crippen LogP contribution in [0.2, 0.25) is 0 Å².